The molecular formula is C18H27N5Na4O21P4. The van der Waals surface area contributed by atoms with Crippen LogP contribution in [0.3, 0.4) is 0 Å². The molecule has 11 atom stereocenters. The number of phosphoric ester groups is 2. The fourth-order valence-electron chi connectivity index (χ4n) is 4.21. The van der Waals surface area contributed by atoms with Gasteiger partial charge < -0.3 is 50.1 Å². The van der Waals surface area contributed by atoms with E-state index in [-0.39, 0.29) is 130 Å². The maximum atomic E-state index is 12.2. The molecule has 0 aromatic carbocycles. The van der Waals surface area contributed by atoms with Crippen molar-refractivity contribution in [3.8, 4) is 0 Å². The van der Waals surface area contributed by atoms with Gasteiger partial charge in [0, 0.05) is 143 Å². The largest absolute Gasteiger partial charge is 0.490 e. The van der Waals surface area contributed by atoms with Gasteiger partial charge in [0.2, 0.25) is 0 Å². The first-order valence-corrected chi connectivity index (χ1v) is 18.8. The topological polar surface area (TPSA) is 390 Å². The first-order valence-electron chi connectivity index (χ1n) is 12.8. The van der Waals surface area contributed by atoms with E-state index in [0.717, 1.165) is 16.8 Å². The van der Waals surface area contributed by atoms with E-state index in [2.05, 4.69) is 27.0 Å². The van der Waals surface area contributed by atoms with Gasteiger partial charge >= 0.3 is 42.7 Å². The van der Waals surface area contributed by atoms with E-state index in [1.807, 2.05) is 4.98 Å². The third kappa shape index (κ3) is 15.1. The number of nitrogens with zero attached hydrogens (tertiary/aromatic N) is 3. The van der Waals surface area contributed by atoms with Crippen LogP contribution in [0.25, 0.3) is 0 Å². The second kappa shape index (κ2) is 21.6. The van der Waals surface area contributed by atoms with Crippen molar-refractivity contribution in [3.05, 3.63) is 55.8 Å². The zero-order valence-corrected chi connectivity index (χ0v) is 39.1. The molecule has 52 heavy (non-hydrogen) atoms. The van der Waals surface area contributed by atoms with Crippen molar-refractivity contribution < 1.29 is 84.6 Å². The SMILES string of the molecule is Nc1ccn([C@H]2C[C@H](O)[C@@H](COP(=O)(O)OP(=O)(O)OP(=O)(O)OP(=O)(O)OC[C@H]3O[C@@H](n4ccc(=O)[nH]c4=O)[C@H](O)[C@@H]3O)O2)c(=O)n1.[Na].[Na].[Na].[Na]. The molecule has 4 heterocycles. The summed E-state index contributed by atoms with van der Waals surface area (Å²) in [6, 6.07) is 2.13. The molecule has 0 bridgehead atoms. The van der Waals surface area contributed by atoms with Gasteiger partial charge in [0.15, 0.2) is 6.23 Å². The predicted octanol–water partition coefficient (Wildman–Crippen LogP) is -4.40. The first-order chi connectivity index (χ1) is 22.1. The minimum absolute atomic E-state index is 0. The summed E-state index contributed by atoms with van der Waals surface area (Å²) in [4.78, 5) is 79.6. The van der Waals surface area contributed by atoms with E-state index in [9.17, 15) is 67.5 Å². The molecule has 4 unspecified atom stereocenters. The number of aliphatic hydroxyl groups excluding tert-OH is 3. The molecule has 4 rings (SSSR count). The number of aromatic nitrogens is 4. The quantitative estimate of drug-likeness (QED) is 0.0639. The fraction of sp³-hybridized carbons (Fsp3) is 0.556. The smallest absolute Gasteiger partial charge is 0.390 e. The van der Waals surface area contributed by atoms with Gasteiger partial charge in [0.05, 0.1) is 19.3 Å². The average Bonchev–Trinajstić information content (AvgIpc) is 3.42. The van der Waals surface area contributed by atoms with Crippen LogP contribution in [0.4, 0.5) is 5.82 Å². The van der Waals surface area contributed by atoms with Gasteiger partial charge in [0.25, 0.3) is 5.56 Å². The summed E-state index contributed by atoms with van der Waals surface area (Å²) < 4.78 is 81.2. The minimum atomic E-state index is -6.19. The molecule has 274 valence electrons. The van der Waals surface area contributed by atoms with Crippen LogP contribution in [-0.2, 0) is 49.7 Å². The van der Waals surface area contributed by atoms with Crippen LogP contribution in [-0.4, -0.2) is 216 Å². The Hall–Kier alpha value is 1.72. The number of nitrogen functional groups attached to an aromatic ring is 1. The van der Waals surface area contributed by atoms with E-state index in [1.165, 1.54) is 12.3 Å². The Morgan fingerprint density at radius 2 is 1.27 bits per heavy atom. The molecule has 0 saturated carbocycles. The number of nitrogens with two attached hydrogens (primary N) is 1. The molecule has 2 aromatic rings. The van der Waals surface area contributed by atoms with Crippen molar-refractivity contribution in [2.75, 3.05) is 18.9 Å². The van der Waals surface area contributed by atoms with Gasteiger partial charge in [-0.05, 0) is 6.07 Å². The number of phosphoric acid groups is 4. The van der Waals surface area contributed by atoms with Gasteiger partial charge in [-0.1, -0.05) is 0 Å². The predicted molar refractivity (Wildman–Crippen MR) is 172 cm³/mol. The Kier molecular flexibility index (Phi) is 22.4. The number of ether oxygens (including phenoxy) is 2. The summed E-state index contributed by atoms with van der Waals surface area (Å²) in [6.45, 7) is -2.20. The third-order valence-electron chi connectivity index (χ3n) is 6.25. The van der Waals surface area contributed by atoms with Gasteiger partial charge in [-0.2, -0.15) is 17.9 Å². The van der Waals surface area contributed by atoms with Crippen molar-refractivity contribution in [1.82, 2.24) is 19.1 Å². The molecule has 2 fully saturated rings. The molecule has 0 aliphatic carbocycles. The minimum Gasteiger partial charge on any atom is -0.390 e. The molecule has 26 nitrogen and oxygen atoms in total. The maximum Gasteiger partial charge on any atom is 0.490 e. The van der Waals surface area contributed by atoms with E-state index < -0.39 is 104 Å². The molecule has 0 spiro atoms. The molecule has 4 radical (unpaired) electrons. The maximum absolute atomic E-state index is 12.2. The first kappa shape index (κ1) is 53.7. The van der Waals surface area contributed by atoms with Gasteiger partial charge in [0.1, 0.15) is 36.5 Å². The van der Waals surface area contributed by atoms with Crippen LogP contribution in [0.2, 0.25) is 0 Å². The fourth-order valence-corrected chi connectivity index (χ4v) is 9.16. The van der Waals surface area contributed by atoms with E-state index in [4.69, 9.17) is 15.2 Å². The van der Waals surface area contributed by atoms with Crippen LogP contribution in [0.5, 0.6) is 0 Å². The monoisotopic (exact) mass is 865 g/mol. The molecular weight excluding hydrogens is 838 g/mol. The third-order valence-corrected chi connectivity index (χ3v) is 12.2. The number of hydrogen-bond acceptors (Lipinski definition) is 19. The van der Waals surface area contributed by atoms with Crippen LogP contribution in [0, 0.1) is 0 Å². The summed E-state index contributed by atoms with van der Waals surface area (Å²) in [7, 11) is -23.8. The number of anilines is 1. The summed E-state index contributed by atoms with van der Waals surface area (Å²) in [5, 5.41) is 30.5. The zero-order valence-electron chi connectivity index (χ0n) is 27.5. The van der Waals surface area contributed by atoms with Crippen LogP contribution < -0.4 is 22.7 Å². The number of rotatable bonds is 14. The Labute approximate surface area is 378 Å². The van der Waals surface area contributed by atoms with Crippen LogP contribution in [0.1, 0.15) is 18.9 Å². The van der Waals surface area contributed by atoms with Crippen LogP contribution in [0.15, 0.2) is 38.9 Å². The number of H-pyrrole nitrogens is 1. The van der Waals surface area contributed by atoms with Gasteiger partial charge in [-0.3, -0.25) is 28.0 Å². The molecule has 0 amide bonds. The molecule has 2 aromatic heterocycles. The Bertz CT molecular complexity index is 1890. The van der Waals surface area contributed by atoms with Crippen LogP contribution >= 0.6 is 31.3 Å². The molecule has 2 saturated heterocycles. The Morgan fingerprint density at radius 3 is 1.79 bits per heavy atom. The van der Waals surface area contributed by atoms with E-state index in [1.54, 1.807) is 0 Å². The van der Waals surface area contributed by atoms with Crippen molar-refractivity contribution in [3.63, 3.8) is 0 Å². The number of aliphatic hydroxyl groups is 3. The average molecular weight is 865 g/mol. The Morgan fingerprint density at radius 1 is 0.769 bits per heavy atom. The summed E-state index contributed by atoms with van der Waals surface area (Å²) in [5.74, 6) is -0.103. The zero-order chi connectivity index (χ0) is 35.8. The number of hydrogen-bond donors (Lipinski definition) is 9. The second-order valence-corrected chi connectivity index (χ2v) is 16.0. The van der Waals surface area contributed by atoms with Crippen molar-refractivity contribution >= 4 is 155 Å². The standard InChI is InChI=1S/C18H27N5O21P4.4Na/c19-11-1-3-22(17(28)20-11)13-5-8(24)9(40-13)6-38-45(30,31)42-47(34,35)44-48(36,37)43-46(32,33)39-7-10-14(26)15(27)16(41-10)23-4-2-12(25)21-18(23)29;;;;/h1-4,8-10,13-16,24,26-27H,5-7H2,(H,30,31)(H,32,33)(H,34,35)(H,36,37)(H2,19,20,28)(H,21,25,29);;;;/t8-,9+,10+,13+,14+,15+,16+;;;;/m0..../s1. The molecule has 10 N–H and O–H groups in total. The van der Waals surface area contributed by atoms with E-state index >= 15 is 0 Å². The van der Waals surface area contributed by atoms with Crippen molar-refractivity contribution in [1.29, 1.82) is 0 Å². The second-order valence-electron chi connectivity index (χ2n) is 9.75. The van der Waals surface area contributed by atoms with E-state index in [0.29, 0.717) is 4.57 Å². The van der Waals surface area contributed by atoms with Crippen molar-refractivity contribution in [2.45, 2.75) is 49.4 Å². The molecule has 2 aliphatic rings. The Balaban J connectivity index is 0.00000650. The van der Waals surface area contributed by atoms with Crippen molar-refractivity contribution in [2.24, 2.45) is 0 Å². The molecule has 34 heteroatoms. The summed E-state index contributed by atoms with van der Waals surface area (Å²) in [6.07, 6.45) is -9.25. The van der Waals surface area contributed by atoms with Gasteiger partial charge in [-0.25, -0.2) is 27.8 Å². The normalized spacial score (nSPS) is 28.6. The number of nitrogens with one attached hydrogen (secondary N) is 1. The summed E-state index contributed by atoms with van der Waals surface area (Å²) >= 11 is 0. The van der Waals surface area contributed by atoms with Gasteiger partial charge in [-0.15, -0.1) is 0 Å². The molecule has 2 aliphatic heterocycles. The summed E-state index contributed by atoms with van der Waals surface area (Å²) in [5.41, 5.74) is 2.68. The number of aromatic amines is 1.